The summed E-state index contributed by atoms with van der Waals surface area (Å²) in [5.41, 5.74) is 0.778. The van der Waals surface area contributed by atoms with Gasteiger partial charge in [-0.2, -0.15) is 0 Å². The number of carbonyl (C=O) groups is 1. The molecule has 138 valence electrons. The topological polar surface area (TPSA) is 17.1 Å². The Balaban J connectivity index is 1.58. The van der Waals surface area contributed by atoms with Crippen molar-refractivity contribution in [2.75, 3.05) is 5.33 Å². The first kappa shape index (κ1) is 18.1. The van der Waals surface area contributed by atoms with E-state index < -0.39 is 0 Å². The Bertz CT molecular complexity index is 591. The molecule has 4 aliphatic carbocycles. The number of halogens is 1. The number of carbonyl (C=O) groups excluding carboxylic acids is 1. The third kappa shape index (κ3) is 2.59. The van der Waals surface area contributed by atoms with Gasteiger partial charge in [-0.05, 0) is 92.3 Å². The molecule has 0 saturated heterocycles. The molecule has 0 aromatic heterocycles. The van der Waals surface area contributed by atoms with Crippen LogP contribution in [0.2, 0.25) is 0 Å². The van der Waals surface area contributed by atoms with E-state index in [1.807, 2.05) is 0 Å². The highest BCUT2D eigenvalue weighted by Gasteiger charge is 2.60. The van der Waals surface area contributed by atoms with Crippen molar-refractivity contribution in [2.45, 2.75) is 71.6 Å². The third-order valence-electron chi connectivity index (χ3n) is 9.42. The minimum Gasteiger partial charge on any atom is -0.298 e. The molecule has 0 amide bonds. The number of alkyl halides is 1. The first-order valence-corrected chi connectivity index (χ1v) is 11.6. The summed E-state index contributed by atoms with van der Waals surface area (Å²) in [7, 11) is 0. The maximum atomic E-state index is 12.5. The minimum absolute atomic E-state index is 0.269. The van der Waals surface area contributed by atoms with E-state index in [4.69, 9.17) is 6.42 Å². The molecule has 4 rings (SSSR count). The number of hydrogen-bond donors (Lipinski definition) is 0. The van der Waals surface area contributed by atoms with Crippen LogP contribution in [0.15, 0.2) is 0 Å². The van der Waals surface area contributed by atoms with E-state index >= 15 is 0 Å². The molecule has 4 fully saturated rings. The molecule has 0 aliphatic heterocycles. The molecule has 2 heteroatoms. The van der Waals surface area contributed by atoms with Gasteiger partial charge in [0, 0.05) is 11.8 Å². The van der Waals surface area contributed by atoms with E-state index in [0.717, 1.165) is 30.1 Å². The van der Waals surface area contributed by atoms with Crippen molar-refractivity contribution >= 4 is 21.7 Å². The zero-order chi connectivity index (χ0) is 17.8. The van der Waals surface area contributed by atoms with Crippen LogP contribution in [0.3, 0.4) is 0 Å². The summed E-state index contributed by atoms with van der Waals surface area (Å²) in [4.78, 5) is 12.5. The van der Waals surface area contributed by atoms with Crippen molar-refractivity contribution in [3.05, 3.63) is 0 Å². The second-order valence-electron chi connectivity index (χ2n) is 10.1. The van der Waals surface area contributed by atoms with Crippen LogP contribution in [0.25, 0.3) is 0 Å². The second kappa shape index (κ2) is 6.40. The summed E-state index contributed by atoms with van der Waals surface area (Å²) < 4.78 is 0. The Morgan fingerprint density at radius 3 is 2.48 bits per heavy atom. The van der Waals surface area contributed by atoms with Crippen molar-refractivity contribution in [1.82, 2.24) is 0 Å². The maximum absolute atomic E-state index is 12.5. The van der Waals surface area contributed by atoms with Crippen molar-refractivity contribution in [1.29, 1.82) is 0 Å². The van der Waals surface area contributed by atoms with E-state index in [1.165, 1.54) is 51.4 Å². The standard InChI is InChI=1S/C23H33BrO/c1-4-15-9-11-22(2)16(13-15)5-6-17-18-7-8-20(21(25)14-24)23(18,3)12-10-19(17)22/h1,15-20H,5-14H2,2-3H3/t15?,16?,17-,18-,19-,20+,22-,23-/m0/s1. The summed E-state index contributed by atoms with van der Waals surface area (Å²) in [6.07, 6.45) is 17.4. The van der Waals surface area contributed by atoms with Crippen LogP contribution in [0.5, 0.6) is 0 Å². The van der Waals surface area contributed by atoms with Crippen molar-refractivity contribution in [2.24, 2.45) is 46.3 Å². The highest BCUT2D eigenvalue weighted by atomic mass is 79.9. The summed E-state index contributed by atoms with van der Waals surface area (Å²) in [6, 6.07) is 0. The van der Waals surface area contributed by atoms with Gasteiger partial charge in [0.25, 0.3) is 0 Å². The molecular formula is C23H33BrO. The summed E-state index contributed by atoms with van der Waals surface area (Å²) >= 11 is 3.44. The molecule has 0 N–H and O–H groups in total. The molecule has 4 aliphatic rings. The van der Waals surface area contributed by atoms with Crippen LogP contribution in [-0.4, -0.2) is 11.1 Å². The molecule has 0 spiro atoms. The van der Waals surface area contributed by atoms with Gasteiger partial charge < -0.3 is 0 Å². The fourth-order valence-corrected chi connectivity index (χ4v) is 8.42. The zero-order valence-electron chi connectivity index (χ0n) is 15.9. The Labute approximate surface area is 162 Å². The van der Waals surface area contributed by atoms with Gasteiger partial charge in [0.05, 0.1) is 5.33 Å². The van der Waals surface area contributed by atoms with Gasteiger partial charge >= 0.3 is 0 Å². The molecule has 8 atom stereocenters. The van der Waals surface area contributed by atoms with Gasteiger partial charge in [-0.3, -0.25) is 4.79 Å². The first-order chi connectivity index (χ1) is 11.9. The zero-order valence-corrected chi connectivity index (χ0v) is 17.5. The van der Waals surface area contributed by atoms with Gasteiger partial charge in [0.15, 0.2) is 0 Å². The van der Waals surface area contributed by atoms with Crippen LogP contribution >= 0.6 is 15.9 Å². The van der Waals surface area contributed by atoms with Gasteiger partial charge in [-0.25, -0.2) is 0 Å². The van der Waals surface area contributed by atoms with E-state index in [0.29, 0.717) is 28.4 Å². The van der Waals surface area contributed by atoms with Gasteiger partial charge in [-0.15, -0.1) is 12.3 Å². The molecule has 4 saturated carbocycles. The number of fused-ring (bicyclic) bond motifs is 5. The van der Waals surface area contributed by atoms with Gasteiger partial charge in [0.1, 0.15) is 5.78 Å². The maximum Gasteiger partial charge on any atom is 0.147 e. The molecule has 25 heavy (non-hydrogen) atoms. The third-order valence-corrected chi connectivity index (χ3v) is 9.97. The number of Topliss-reactive ketones (excluding diaryl/α,β-unsaturated/α-hetero) is 1. The second-order valence-corrected chi connectivity index (χ2v) is 10.6. The van der Waals surface area contributed by atoms with E-state index in [-0.39, 0.29) is 5.41 Å². The average molecular weight is 405 g/mol. The van der Waals surface area contributed by atoms with Crippen LogP contribution in [0, 0.1) is 58.7 Å². The van der Waals surface area contributed by atoms with Gasteiger partial charge in [-0.1, -0.05) is 29.8 Å². The first-order valence-electron chi connectivity index (χ1n) is 10.5. The fourth-order valence-electron chi connectivity index (χ4n) is 8.03. The molecule has 2 unspecified atom stereocenters. The predicted octanol–water partition coefficient (Wildman–Crippen LogP) is 5.86. The molecule has 0 radical (unpaired) electrons. The van der Waals surface area contributed by atoms with Crippen molar-refractivity contribution in [3.8, 4) is 12.3 Å². The molecule has 0 aromatic rings. The van der Waals surface area contributed by atoms with Crippen LogP contribution in [0.4, 0.5) is 0 Å². The lowest BCUT2D eigenvalue weighted by Gasteiger charge is -2.61. The van der Waals surface area contributed by atoms with Crippen LogP contribution in [0.1, 0.15) is 71.6 Å². The van der Waals surface area contributed by atoms with E-state index in [1.54, 1.807) is 0 Å². The van der Waals surface area contributed by atoms with Crippen molar-refractivity contribution in [3.63, 3.8) is 0 Å². The lowest BCUT2D eigenvalue weighted by molar-refractivity contribution is -0.134. The van der Waals surface area contributed by atoms with Crippen molar-refractivity contribution < 1.29 is 4.79 Å². The number of terminal acetylenes is 1. The normalized spacial score (nSPS) is 51.8. The largest absolute Gasteiger partial charge is 0.298 e. The molecule has 0 aromatic carbocycles. The molecular weight excluding hydrogens is 372 g/mol. The van der Waals surface area contributed by atoms with Crippen LogP contribution in [-0.2, 0) is 4.79 Å². The van der Waals surface area contributed by atoms with E-state index in [9.17, 15) is 4.79 Å². The lowest BCUT2D eigenvalue weighted by Crippen LogP contribution is -2.53. The highest BCUT2D eigenvalue weighted by Crippen LogP contribution is 2.67. The minimum atomic E-state index is 0.269. The Morgan fingerprint density at radius 1 is 1.04 bits per heavy atom. The molecule has 0 heterocycles. The average Bonchev–Trinajstić information content (AvgIpc) is 2.97. The summed E-state index contributed by atoms with van der Waals surface area (Å²) in [5.74, 6) is 7.69. The van der Waals surface area contributed by atoms with Gasteiger partial charge in [0.2, 0.25) is 0 Å². The van der Waals surface area contributed by atoms with Crippen LogP contribution < -0.4 is 0 Å². The predicted molar refractivity (Wildman–Crippen MR) is 106 cm³/mol. The fraction of sp³-hybridized carbons (Fsp3) is 0.870. The Morgan fingerprint density at radius 2 is 1.76 bits per heavy atom. The smallest absolute Gasteiger partial charge is 0.147 e. The summed E-state index contributed by atoms with van der Waals surface area (Å²) in [6.45, 7) is 5.05. The van der Waals surface area contributed by atoms with E-state index in [2.05, 4.69) is 35.7 Å². The summed E-state index contributed by atoms with van der Waals surface area (Å²) in [5, 5.41) is 0.543. The number of rotatable bonds is 2. The Hall–Kier alpha value is -0.290. The molecule has 0 bridgehead atoms. The number of ketones is 1. The monoisotopic (exact) mass is 404 g/mol. The number of hydrogen-bond acceptors (Lipinski definition) is 1. The Kier molecular flexibility index (Phi) is 4.63. The SMILES string of the molecule is C#CC1CC[C@@]2(C)C(CC[C@H]3[C@@H]4CC[C@H](C(=O)CBr)[C@@]4(C)CC[C@@H]32)C1. The quantitative estimate of drug-likeness (QED) is 0.416. The lowest BCUT2D eigenvalue weighted by atomic mass is 9.44. The highest BCUT2D eigenvalue weighted by molar-refractivity contribution is 9.09. The molecule has 1 nitrogen and oxygen atoms in total.